The Morgan fingerprint density at radius 1 is 1.18 bits per heavy atom. The predicted octanol–water partition coefficient (Wildman–Crippen LogP) is 4.27. The van der Waals surface area contributed by atoms with Crippen LogP contribution in [0.4, 0.5) is 4.39 Å². The first-order valence-corrected chi connectivity index (χ1v) is 11.9. The van der Waals surface area contributed by atoms with Crippen molar-refractivity contribution in [3.63, 3.8) is 0 Å². The lowest BCUT2D eigenvalue weighted by Crippen LogP contribution is -2.44. The van der Waals surface area contributed by atoms with E-state index < -0.39 is 11.3 Å². The molecule has 4 rings (SSSR count). The number of likely N-dealkylation sites (tertiary alicyclic amines) is 2. The summed E-state index contributed by atoms with van der Waals surface area (Å²) in [6.07, 6.45) is 1.82. The third kappa shape index (κ3) is 4.59. The van der Waals surface area contributed by atoms with Crippen molar-refractivity contribution in [2.75, 3.05) is 26.8 Å². The average molecular weight is 487 g/mol. The molecule has 2 aromatic carbocycles. The van der Waals surface area contributed by atoms with E-state index in [1.165, 1.54) is 17.0 Å². The molecule has 0 radical (unpaired) electrons. The quantitative estimate of drug-likeness (QED) is 0.413. The molecule has 2 heterocycles. The van der Waals surface area contributed by atoms with Gasteiger partial charge in [-0.05, 0) is 48.6 Å². The normalized spacial score (nSPS) is 22.6. The Balaban J connectivity index is 1.65. The molecule has 2 atom stereocenters. The van der Waals surface area contributed by atoms with Crippen LogP contribution in [0.15, 0.2) is 48.5 Å². The molecule has 8 heteroatoms. The second kappa shape index (κ2) is 10.2. The number of imide groups is 1. The zero-order valence-corrected chi connectivity index (χ0v) is 19.9. The molecule has 2 saturated heterocycles. The molecule has 2 fully saturated rings. The van der Waals surface area contributed by atoms with E-state index in [1.807, 2.05) is 0 Å². The van der Waals surface area contributed by atoms with E-state index in [2.05, 4.69) is 0 Å². The van der Waals surface area contributed by atoms with Gasteiger partial charge in [0.1, 0.15) is 5.82 Å². The van der Waals surface area contributed by atoms with E-state index >= 15 is 0 Å². The van der Waals surface area contributed by atoms with Gasteiger partial charge in [0.25, 0.3) is 0 Å². The molecular formula is C26H28ClFN2O4. The molecule has 0 aliphatic carbocycles. The third-order valence-electron chi connectivity index (χ3n) is 6.81. The van der Waals surface area contributed by atoms with Crippen LogP contribution < -0.4 is 0 Å². The average Bonchev–Trinajstić information content (AvgIpc) is 3.40. The zero-order valence-electron chi connectivity index (χ0n) is 19.1. The first kappa shape index (κ1) is 24.4. The standard InChI is InChI=1S/C26H28ClFN2O4/c1-34-15-5-14-30-24(32)17-26(25(30)33,20-6-2-3-7-21(20)27)16-23(31)29-13-4-8-22(29)18-9-11-19(28)12-10-18/h2-3,6-7,9-12,22H,4-5,8,13-17H2,1H3/t22-,26+/m0/s1. The topological polar surface area (TPSA) is 66.9 Å². The summed E-state index contributed by atoms with van der Waals surface area (Å²) >= 11 is 6.50. The molecule has 0 N–H and O–H groups in total. The number of nitrogens with zero attached hydrogens (tertiary/aromatic N) is 2. The lowest BCUT2D eigenvalue weighted by atomic mass is 9.75. The molecule has 6 nitrogen and oxygen atoms in total. The summed E-state index contributed by atoms with van der Waals surface area (Å²) in [6.45, 7) is 1.19. The monoisotopic (exact) mass is 486 g/mol. The van der Waals surface area contributed by atoms with Gasteiger partial charge in [0.2, 0.25) is 17.7 Å². The summed E-state index contributed by atoms with van der Waals surface area (Å²) in [5.41, 5.74) is -0.000560. The highest BCUT2D eigenvalue weighted by molar-refractivity contribution is 6.32. The Labute approximate surface area is 203 Å². The van der Waals surface area contributed by atoms with Gasteiger partial charge in [-0.3, -0.25) is 19.3 Å². The number of amides is 3. The maximum absolute atomic E-state index is 13.7. The number of ether oxygens (including phenoxy) is 1. The second-order valence-corrected chi connectivity index (χ2v) is 9.32. The van der Waals surface area contributed by atoms with Crippen LogP contribution in [0.25, 0.3) is 0 Å². The maximum Gasteiger partial charge on any atom is 0.240 e. The van der Waals surface area contributed by atoms with Crippen LogP contribution in [0.1, 0.15) is 49.3 Å². The molecule has 0 aromatic heterocycles. The highest BCUT2D eigenvalue weighted by Gasteiger charge is 2.55. The Morgan fingerprint density at radius 2 is 1.91 bits per heavy atom. The van der Waals surface area contributed by atoms with Crippen molar-refractivity contribution in [2.24, 2.45) is 0 Å². The number of carbonyl (C=O) groups excluding carboxylic acids is 3. The van der Waals surface area contributed by atoms with Gasteiger partial charge < -0.3 is 9.64 Å². The largest absolute Gasteiger partial charge is 0.385 e. The Hall–Kier alpha value is -2.77. The first-order valence-electron chi connectivity index (χ1n) is 11.5. The van der Waals surface area contributed by atoms with Crippen LogP contribution in [0.5, 0.6) is 0 Å². The Morgan fingerprint density at radius 3 is 2.62 bits per heavy atom. The van der Waals surface area contributed by atoms with Gasteiger partial charge in [0, 0.05) is 44.7 Å². The molecule has 3 amide bonds. The van der Waals surface area contributed by atoms with Crippen LogP contribution in [0.3, 0.4) is 0 Å². The van der Waals surface area contributed by atoms with E-state index in [1.54, 1.807) is 48.4 Å². The third-order valence-corrected chi connectivity index (χ3v) is 7.14. The summed E-state index contributed by atoms with van der Waals surface area (Å²) < 4.78 is 18.5. The molecule has 2 aromatic rings. The molecule has 180 valence electrons. The molecule has 0 saturated carbocycles. The van der Waals surface area contributed by atoms with E-state index in [0.717, 1.165) is 18.4 Å². The zero-order chi connectivity index (χ0) is 24.3. The maximum atomic E-state index is 13.7. The SMILES string of the molecule is COCCCN1C(=O)C[C@](CC(=O)N2CCC[C@H]2c2ccc(F)cc2)(c2ccccc2Cl)C1=O. The van der Waals surface area contributed by atoms with Crippen molar-refractivity contribution in [2.45, 2.75) is 43.6 Å². The predicted molar refractivity (Wildman–Crippen MR) is 126 cm³/mol. The number of rotatable bonds is 8. The minimum absolute atomic E-state index is 0.108. The van der Waals surface area contributed by atoms with Crippen LogP contribution in [0, 0.1) is 5.82 Å². The minimum atomic E-state index is -1.35. The van der Waals surface area contributed by atoms with Gasteiger partial charge >= 0.3 is 0 Å². The molecule has 0 unspecified atom stereocenters. The van der Waals surface area contributed by atoms with Gasteiger partial charge in [-0.1, -0.05) is 41.9 Å². The van der Waals surface area contributed by atoms with Crippen molar-refractivity contribution >= 4 is 29.3 Å². The summed E-state index contributed by atoms with van der Waals surface area (Å²) in [4.78, 5) is 43.3. The summed E-state index contributed by atoms with van der Waals surface area (Å²) in [6, 6.07) is 12.9. The first-order chi connectivity index (χ1) is 16.4. The molecule has 34 heavy (non-hydrogen) atoms. The van der Waals surface area contributed by atoms with Gasteiger partial charge in [-0.25, -0.2) is 4.39 Å². The number of hydrogen-bond acceptors (Lipinski definition) is 4. The number of carbonyl (C=O) groups is 3. The van der Waals surface area contributed by atoms with Crippen molar-refractivity contribution in [1.82, 2.24) is 9.80 Å². The highest BCUT2D eigenvalue weighted by atomic mass is 35.5. The minimum Gasteiger partial charge on any atom is -0.385 e. The number of methoxy groups -OCH3 is 1. The van der Waals surface area contributed by atoms with Crippen LogP contribution >= 0.6 is 11.6 Å². The van der Waals surface area contributed by atoms with Crippen molar-refractivity contribution in [3.8, 4) is 0 Å². The van der Waals surface area contributed by atoms with Crippen LogP contribution in [-0.2, 0) is 24.5 Å². The second-order valence-electron chi connectivity index (χ2n) is 8.91. The highest BCUT2D eigenvalue weighted by Crippen LogP contribution is 2.44. The fourth-order valence-corrected chi connectivity index (χ4v) is 5.46. The van der Waals surface area contributed by atoms with Crippen LogP contribution in [-0.4, -0.2) is 54.3 Å². The fraction of sp³-hybridized carbons (Fsp3) is 0.423. The van der Waals surface area contributed by atoms with Gasteiger partial charge in [-0.2, -0.15) is 0 Å². The van der Waals surface area contributed by atoms with Crippen molar-refractivity contribution in [1.29, 1.82) is 0 Å². The molecule has 2 aliphatic rings. The lowest BCUT2D eigenvalue weighted by molar-refractivity contribution is -0.143. The van der Waals surface area contributed by atoms with E-state index in [-0.39, 0.29) is 43.1 Å². The fourth-order valence-electron chi connectivity index (χ4n) is 5.14. The van der Waals surface area contributed by atoms with E-state index in [4.69, 9.17) is 16.3 Å². The van der Waals surface area contributed by atoms with Crippen molar-refractivity contribution in [3.05, 3.63) is 70.5 Å². The summed E-state index contributed by atoms with van der Waals surface area (Å²) in [7, 11) is 1.56. The molecule has 2 aliphatic heterocycles. The summed E-state index contributed by atoms with van der Waals surface area (Å²) in [5.74, 6) is -1.26. The smallest absolute Gasteiger partial charge is 0.240 e. The number of halogens is 2. The van der Waals surface area contributed by atoms with E-state index in [9.17, 15) is 18.8 Å². The lowest BCUT2D eigenvalue weighted by Gasteiger charge is -2.32. The number of benzene rings is 2. The summed E-state index contributed by atoms with van der Waals surface area (Å²) in [5, 5.41) is 0.353. The number of hydrogen-bond donors (Lipinski definition) is 0. The van der Waals surface area contributed by atoms with E-state index in [0.29, 0.717) is 30.2 Å². The van der Waals surface area contributed by atoms with Gasteiger partial charge in [0.15, 0.2) is 0 Å². The van der Waals surface area contributed by atoms with Gasteiger partial charge in [-0.15, -0.1) is 0 Å². The molecular weight excluding hydrogens is 459 g/mol. The van der Waals surface area contributed by atoms with Gasteiger partial charge in [0.05, 0.1) is 11.5 Å². The Bertz CT molecular complexity index is 1080. The van der Waals surface area contributed by atoms with Crippen LogP contribution in [0.2, 0.25) is 5.02 Å². The molecule has 0 spiro atoms. The Kier molecular flexibility index (Phi) is 7.33. The molecule has 0 bridgehead atoms. The van der Waals surface area contributed by atoms with Crippen molar-refractivity contribution < 1.29 is 23.5 Å².